The van der Waals surface area contributed by atoms with Crippen molar-refractivity contribution < 1.29 is 0 Å². The predicted molar refractivity (Wildman–Crippen MR) is 90.5 cm³/mol. The fourth-order valence-electron chi connectivity index (χ4n) is 4.47. The summed E-state index contributed by atoms with van der Waals surface area (Å²) in [5, 5.41) is 3.88. The summed E-state index contributed by atoms with van der Waals surface area (Å²) in [6.45, 7) is 10.2. The van der Waals surface area contributed by atoms with E-state index in [1.165, 1.54) is 84.0 Å². The van der Waals surface area contributed by atoms with Crippen LogP contribution in [-0.2, 0) is 0 Å². The second-order valence-electron chi connectivity index (χ2n) is 8.54. The van der Waals surface area contributed by atoms with E-state index in [4.69, 9.17) is 0 Å². The Bertz CT molecular complexity index is 322. The largest absolute Gasteiger partial charge is 0.313 e. The van der Waals surface area contributed by atoms with Crippen LogP contribution in [0.2, 0.25) is 0 Å². The Balaban J connectivity index is 1.60. The second kappa shape index (κ2) is 7.00. The van der Waals surface area contributed by atoms with E-state index in [2.05, 4.69) is 24.1 Å². The number of nitrogens with zero attached hydrogens (tertiary/aromatic N) is 1. The van der Waals surface area contributed by atoms with Gasteiger partial charge in [0.2, 0.25) is 0 Å². The van der Waals surface area contributed by atoms with Crippen molar-refractivity contribution in [3.8, 4) is 0 Å². The topological polar surface area (TPSA) is 15.3 Å². The first-order valence-electron chi connectivity index (χ1n) is 9.65. The van der Waals surface area contributed by atoms with Crippen LogP contribution in [0.5, 0.6) is 0 Å². The van der Waals surface area contributed by atoms with Gasteiger partial charge in [0.25, 0.3) is 0 Å². The number of rotatable bonds is 9. The van der Waals surface area contributed by atoms with Gasteiger partial charge in [0, 0.05) is 25.7 Å². The molecule has 0 saturated heterocycles. The minimum absolute atomic E-state index is 0.574. The fourth-order valence-corrected chi connectivity index (χ4v) is 4.47. The van der Waals surface area contributed by atoms with Crippen molar-refractivity contribution in [2.24, 2.45) is 17.3 Å². The van der Waals surface area contributed by atoms with Gasteiger partial charge >= 0.3 is 0 Å². The third-order valence-electron chi connectivity index (χ3n) is 5.84. The highest BCUT2D eigenvalue weighted by Gasteiger charge is 2.38. The Kier molecular flexibility index (Phi) is 5.27. The normalized spacial score (nSPS) is 33.6. The molecule has 0 heterocycles. The van der Waals surface area contributed by atoms with Gasteiger partial charge in [-0.15, -0.1) is 0 Å². The first kappa shape index (κ1) is 15.8. The molecule has 0 aromatic heterocycles. The predicted octanol–water partition coefficient (Wildman–Crippen LogP) is 4.06. The van der Waals surface area contributed by atoms with Gasteiger partial charge in [0.05, 0.1) is 0 Å². The SMILES string of the molecule is CCCN(CC1CC1)CC1(CNC2CC2)CCCC(C)C1. The summed E-state index contributed by atoms with van der Waals surface area (Å²) in [4.78, 5) is 2.82. The van der Waals surface area contributed by atoms with Crippen LogP contribution in [0.4, 0.5) is 0 Å². The number of hydrogen-bond donors (Lipinski definition) is 1. The zero-order chi connectivity index (χ0) is 14.7. The monoisotopic (exact) mass is 292 g/mol. The molecule has 3 rings (SSSR count). The molecule has 122 valence electrons. The molecule has 3 aliphatic carbocycles. The number of hydrogen-bond acceptors (Lipinski definition) is 2. The summed E-state index contributed by atoms with van der Waals surface area (Å²) in [5.74, 6) is 1.97. The van der Waals surface area contributed by atoms with Gasteiger partial charge in [-0.05, 0) is 68.7 Å². The van der Waals surface area contributed by atoms with Crippen molar-refractivity contribution in [1.29, 1.82) is 0 Å². The molecule has 2 nitrogen and oxygen atoms in total. The molecular formula is C19H36N2. The van der Waals surface area contributed by atoms with Crippen molar-refractivity contribution in [3.63, 3.8) is 0 Å². The van der Waals surface area contributed by atoms with Crippen LogP contribution < -0.4 is 5.32 Å². The Morgan fingerprint density at radius 1 is 1.14 bits per heavy atom. The lowest BCUT2D eigenvalue weighted by Crippen LogP contribution is -2.47. The zero-order valence-electron chi connectivity index (χ0n) is 14.4. The molecule has 3 fully saturated rings. The molecule has 2 unspecified atom stereocenters. The van der Waals surface area contributed by atoms with Crippen LogP contribution in [0, 0.1) is 17.3 Å². The van der Waals surface area contributed by atoms with Crippen molar-refractivity contribution in [1.82, 2.24) is 10.2 Å². The molecule has 0 aromatic carbocycles. The van der Waals surface area contributed by atoms with Gasteiger partial charge < -0.3 is 10.2 Å². The molecule has 3 aliphatic rings. The van der Waals surface area contributed by atoms with E-state index in [-0.39, 0.29) is 0 Å². The molecule has 3 saturated carbocycles. The van der Waals surface area contributed by atoms with Gasteiger partial charge in [-0.3, -0.25) is 0 Å². The highest BCUT2D eigenvalue weighted by Crippen LogP contribution is 2.41. The van der Waals surface area contributed by atoms with Crippen LogP contribution >= 0.6 is 0 Å². The average molecular weight is 293 g/mol. The standard InChI is InChI=1S/C19H36N2/c1-3-11-21(13-17-6-7-17)15-19(14-20-18-8-9-18)10-4-5-16(2)12-19/h16-18,20H,3-15H2,1-2H3. The summed E-state index contributed by atoms with van der Waals surface area (Å²) in [5.41, 5.74) is 0.574. The molecule has 0 radical (unpaired) electrons. The van der Waals surface area contributed by atoms with E-state index in [9.17, 15) is 0 Å². The van der Waals surface area contributed by atoms with Crippen LogP contribution in [0.3, 0.4) is 0 Å². The molecule has 0 spiro atoms. The average Bonchev–Trinajstić information content (AvgIpc) is 3.32. The smallest absolute Gasteiger partial charge is 0.00684 e. The Morgan fingerprint density at radius 2 is 1.95 bits per heavy atom. The van der Waals surface area contributed by atoms with Gasteiger partial charge in [-0.25, -0.2) is 0 Å². The highest BCUT2D eigenvalue weighted by molar-refractivity contribution is 4.93. The van der Waals surface area contributed by atoms with Gasteiger partial charge in [-0.2, -0.15) is 0 Å². The Labute approximate surface area is 132 Å². The van der Waals surface area contributed by atoms with E-state index in [1.807, 2.05) is 0 Å². The first-order chi connectivity index (χ1) is 10.2. The Hall–Kier alpha value is -0.0800. The molecule has 0 aromatic rings. The van der Waals surface area contributed by atoms with Crippen LogP contribution in [0.1, 0.15) is 71.6 Å². The maximum Gasteiger partial charge on any atom is 0.00684 e. The lowest BCUT2D eigenvalue weighted by atomic mass is 9.69. The summed E-state index contributed by atoms with van der Waals surface area (Å²) >= 11 is 0. The summed E-state index contributed by atoms with van der Waals surface area (Å²) in [6.07, 6.45) is 13.0. The molecule has 21 heavy (non-hydrogen) atoms. The maximum absolute atomic E-state index is 3.88. The molecule has 0 aliphatic heterocycles. The van der Waals surface area contributed by atoms with E-state index in [0.717, 1.165) is 17.9 Å². The van der Waals surface area contributed by atoms with Gasteiger partial charge in [0.15, 0.2) is 0 Å². The van der Waals surface area contributed by atoms with E-state index < -0.39 is 0 Å². The zero-order valence-corrected chi connectivity index (χ0v) is 14.4. The first-order valence-corrected chi connectivity index (χ1v) is 9.65. The lowest BCUT2D eigenvalue weighted by Gasteiger charge is -2.44. The number of nitrogens with one attached hydrogen (secondary N) is 1. The van der Waals surface area contributed by atoms with Crippen molar-refractivity contribution in [3.05, 3.63) is 0 Å². The third-order valence-corrected chi connectivity index (χ3v) is 5.84. The maximum atomic E-state index is 3.88. The van der Waals surface area contributed by atoms with Crippen molar-refractivity contribution in [2.45, 2.75) is 77.7 Å². The van der Waals surface area contributed by atoms with Crippen LogP contribution in [-0.4, -0.2) is 37.1 Å². The summed E-state index contributed by atoms with van der Waals surface area (Å²) in [6, 6.07) is 0.863. The molecule has 2 atom stereocenters. The molecule has 1 N–H and O–H groups in total. The molecule has 0 amide bonds. The van der Waals surface area contributed by atoms with E-state index >= 15 is 0 Å². The quantitative estimate of drug-likeness (QED) is 0.689. The van der Waals surface area contributed by atoms with E-state index in [1.54, 1.807) is 0 Å². The molecule has 2 heteroatoms. The highest BCUT2D eigenvalue weighted by atomic mass is 15.1. The minimum Gasteiger partial charge on any atom is -0.313 e. The third kappa shape index (κ3) is 4.96. The van der Waals surface area contributed by atoms with Crippen LogP contribution in [0.25, 0.3) is 0 Å². The van der Waals surface area contributed by atoms with Gasteiger partial charge in [0.1, 0.15) is 0 Å². The second-order valence-corrected chi connectivity index (χ2v) is 8.54. The molecule has 0 bridgehead atoms. The summed E-state index contributed by atoms with van der Waals surface area (Å²) in [7, 11) is 0. The van der Waals surface area contributed by atoms with Crippen molar-refractivity contribution >= 4 is 0 Å². The van der Waals surface area contributed by atoms with E-state index in [0.29, 0.717) is 5.41 Å². The Morgan fingerprint density at radius 3 is 2.57 bits per heavy atom. The minimum atomic E-state index is 0.574. The summed E-state index contributed by atoms with van der Waals surface area (Å²) < 4.78 is 0. The van der Waals surface area contributed by atoms with Crippen molar-refractivity contribution in [2.75, 3.05) is 26.2 Å². The van der Waals surface area contributed by atoms with Gasteiger partial charge in [-0.1, -0.05) is 26.7 Å². The molecular weight excluding hydrogens is 256 g/mol. The fraction of sp³-hybridized carbons (Fsp3) is 1.00. The van der Waals surface area contributed by atoms with Crippen LogP contribution in [0.15, 0.2) is 0 Å². The lowest BCUT2D eigenvalue weighted by molar-refractivity contribution is 0.0770.